The van der Waals surface area contributed by atoms with Crippen molar-refractivity contribution >= 4 is 34.8 Å². The average Bonchev–Trinajstić information content (AvgIpc) is 3.01. The topological polar surface area (TPSA) is 69.7 Å². The van der Waals surface area contributed by atoms with Gasteiger partial charge in [0.05, 0.1) is 11.8 Å². The van der Waals surface area contributed by atoms with Gasteiger partial charge in [-0.1, -0.05) is 31.0 Å². The number of likely N-dealkylation sites (tertiary alicyclic amines) is 1. The number of benzene rings is 2. The number of nitrogens with one attached hydrogen (secondary N) is 1. The van der Waals surface area contributed by atoms with Gasteiger partial charge in [0.15, 0.2) is 0 Å². The zero-order chi connectivity index (χ0) is 22.0. The van der Waals surface area contributed by atoms with Crippen LogP contribution in [0.25, 0.3) is 0 Å². The lowest BCUT2D eigenvalue weighted by Gasteiger charge is -2.29. The molecule has 2 aliphatic rings. The molecule has 0 aromatic heterocycles. The molecule has 31 heavy (non-hydrogen) atoms. The molecule has 0 bridgehead atoms. The molecule has 162 valence electrons. The Hall–Kier alpha value is -3.15. The molecule has 2 fully saturated rings. The number of nitrogens with zero attached hydrogens (tertiary/aromatic N) is 2. The lowest BCUT2D eigenvalue weighted by Crippen LogP contribution is -2.46. The summed E-state index contributed by atoms with van der Waals surface area (Å²) in [6.07, 6.45) is 3.46. The Morgan fingerprint density at radius 3 is 2.03 bits per heavy atom. The number of imide groups is 1. The summed E-state index contributed by atoms with van der Waals surface area (Å²) in [5, 5.41) is 3.33. The summed E-state index contributed by atoms with van der Waals surface area (Å²) in [7, 11) is 0. The maximum Gasteiger partial charge on any atom is 0.247 e. The van der Waals surface area contributed by atoms with Gasteiger partial charge in [0.2, 0.25) is 17.7 Å². The molecule has 6 heteroatoms. The largest absolute Gasteiger partial charge is 0.356 e. The highest BCUT2D eigenvalue weighted by Gasteiger charge is 2.48. The molecule has 1 heterocycles. The first-order chi connectivity index (χ1) is 15.0. The molecule has 4 rings (SSSR count). The van der Waals surface area contributed by atoms with Crippen LogP contribution < -0.4 is 10.2 Å². The summed E-state index contributed by atoms with van der Waals surface area (Å²) in [6, 6.07) is 17.4. The normalized spacial score (nSPS) is 20.7. The number of fused-ring (bicyclic) bond motifs is 1. The van der Waals surface area contributed by atoms with Crippen molar-refractivity contribution in [3.05, 3.63) is 54.6 Å². The number of amides is 3. The van der Waals surface area contributed by atoms with Gasteiger partial charge < -0.3 is 10.2 Å². The molecule has 0 radical (unpaired) electrons. The molecular weight excluding hydrogens is 390 g/mol. The van der Waals surface area contributed by atoms with Crippen LogP contribution in [0.1, 0.15) is 39.5 Å². The van der Waals surface area contributed by atoms with Crippen LogP contribution >= 0.6 is 0 Å². The Morgan fingerprint density at radius 2 is 1.48 bits per heavy atom. The molecule has 6 nitrogen and oxygen atoms in total. The van der Waals surface area contributed by atoms with Gasteiger partial charge in [0, 0.05) is 23.1 Å². The number of anilines is 3. The fourth-order valence-electron chi connectivity index (χ4n) is 4.72. The monoisotopic (exact) mass is 419 g/mol. The molecule has 0 spiro atoms. The van der Waals surface area contributed by atoms with Crippen LogP contribution in [0.15, 0.2) is 54.6 Å². The molecule has 2 atom stereocenters. The first kappa shape index (κ1) is 21.1. The highest BCUT2D eigenvalue weighted by atomic mass is 16.2. The van der Waals surface area contributed by atoms with Gasteiger partial charge in [-0.2, -0.15) is 0 Å². The fourth-order valence-corrected chi connectivity index (χ4v) is 4.72. The molecular formula is C25H29N3O3. The minimum atomic E-state index is -0.237. The van der Waals surface area contributed by atoms with Crippen molar-refractivity contribution in [1.82, 2.24) is 4.90 Å². The quantitative estimate of drug-likeness (QED) is 0.707. The second-order valence-electron chi connectivity index (χ2n) is 8.66. The van der Waals surface area contributed by atoms with E-state index >= 15 is 0 Å². The van der Waals surface area contributed by atoms with Crippen molar-refractivity contribution in [3.8, 4) is 0 Å². The Balaban J connectivity index is 1.47. The second-order valence-corrected chi connectivity index (χ2v) is 8.66. The number of rotatable bonds is 6. The third-order valence-electron chi connectivity index (χ3n) is 6.22. The van der Waals surface area contributed by atoms with Crippen molar-refractivity contribution in [2.24, 2.45) is 11.8 Å². The zero-order valence-electron chi connectivity index (χ0n) is 18.1. The Labute approximate surface area is 183 Å². The van der Waals surface area contributed by atoms with Gasteiger partial charge in [-0.05, 0) is 63.1 Å². The summed E-state index contributed by atoms with van der Waals surface area (Å²) >= 11 is 0. The number of para-hydroxylation sites is 1. The standard InChI is InChI=1S/C25H29N3O3/c1-17(2)28(20-14-12-19(13-15-20)26-18-8-4-3-5-9-18)23(29)16-27-24(30)21-10-6-7-11-22(21)25(27)31/h3-5,8-9,12-15,17,21-22,26H,6-7,10-11,16H2,1-2H3. The minimum Gasteiger partial charge on any atom is -0.356 e. The summed E-state index contributed by atoms with van der Waals surface area (Å²) in [6.45, 7) is 3.68. The maximum atomic E-state index is 13.2. The van der Waals surface area contributed by atoms with E-state index in [2.05, 4.69) is 5.32 Å². The van der Waals surface area contributed by atoms with Gasteiger partial charge in [-0.3, -0.25) is 19.3 Å². The van der Waals surface area contributed by atoms with E-state index in [1.807, 2.05) is 68.4 Å². The van der Waals surface area contributed by atoms with Crippen LogP contribution in [0, 0.1) is 11.8 Å². The van der Waals surface area contributed by atoms with E-state index in [-0.39, 0.29) is 42.1 Å². The fraction of sp³-hybridized carbons (Fsp3) is 0.400. The van der Waals surface area contributed by atoms with Crippen LogP contribution in [-0.4, -0.2) is 35.2 Å². The van der Waals surface area contributed by atoms with Gasteiger partial charge in [-0.25, -0.2) is 0 Å². The predicted octanol–water partition coefficient (Wildman–Crippen LogP) is 4.35. The SMILES string of the molecule is CC(C)N(C(=O)CN1C(=O)C2CCCCC2C1=O)c1ccc(Nc2ccccc2)cc1. The van der Waals surface area contributed by atoms with Gasteiger partial charge in [-0.15, -0.1) is 0 Å². The van der Waals surface area contributed by atoms with Crippen molar-refractivity contribution < 1.29 is 14.4 Å². The average molecular weight is 420 g/mol. The van der Waals surface area contributed by atoms with Crippen LogP contribution in [0.5, 0.6) is 0 Å². The van der Waals surface area contributed by atoms with Gasteiger partial charge in [0.25, 0.3) is 0 Å². The number of hydrogen-bond acceptors (Lipinski definition) is 4. The number of carbonyl (C=O) groups is 3. The molecule has 1 N–H and O–H groups in total. The van der Waals surface area contributed by atoms with E-state index in [9.17, 15) is 14.4 Å². The van der Waals surface area contributed by atoms with E-state index in [1.165, 1.54) is 4.90 Å². The lowest BCUT2D eigenvalue weighted by molar-refractivity contribution is -0.143. The van der Waals surface area contributed by atoms with E-state index in [0.29, 0.717) is 0 Å². The first-order valence-electron chi connectivity index (χ1n) is 11.0. The third kappa shape index (κ3) is 4.33. The van der Waals surface area contributed by atoms with Crippen molar-refractivity contribution in [1.29, 1.82) is 0 Å². The summed E-state index contributed by atoms with van der Waals surface area (Å²) in [5.41, 5.74) is 2.65. The molecule has 1 saturated heterocycles. The van der Waals surface area contributed by atoms with Gasteiger partial charge >= 0.3 is 0 Å². The highest BCUT2D eigenvalue weighted by molar-refractivity contribution is 6.09. The molecule has 2 aromatic rings. The minimum absolute atomic E-state index is 0.101. The van der Waals surface area contributed by atoms with E-state index in [1.54, 1.807) is 4.90 Å². The number of hydrogen-bond donors (Lipinski definition) is 1. The van der Waals surface area contributed by atoms with E-state index in [4.69, 9.17) is 0 Å². The first-order valence-corrected chi connectivity index (χ1v) is 11.0. The summed E-state index contributed by atoms with van der Waals surface area (Å²) in [4.78, 5) is 41.6. The maximum absolute atomic E-state index is 13.2. The molecule has 1 aliphatic heterocycles. The summed E-state index contributed by atoms with van der Waals surface area (Å²) < 4.78 is 0. The summed E-state index contributed by atoms with van der Waals surface area (Å²) in [5.74, 6) is -1.04. The second kappa shape index (κ2) is 8.92. The Kier molecular flexibility index (Phi) is 6.07. The number of carbonyl (C=O) groups excluding carboxylic acids is 3. The van der Waals surface area contributed by atoms with Crippen LogP contribution in [0.4, 0.5) is 17.1 Å². The van der Waals surface area contributed by atoms with Crippen LogP contribution in [0.2, 0.25) is 0 Å². The molecule has 2 unspecified atom stereocenters. The molecule has 2 aromatic carbocycles. The molecule has 1 aliphatic carbocycles. The van der Waals surface area contributed by atoms with E-state index in [0.717, 1.165) is 42.7 Å². The van der Waals surface area contributed by atoms with E-state index < -0.39 is 0 Å². The van der Waals surface area contributed by atoms with Crippen molar-refractivity contribution in [2.75, 3.05) is 16.8 Å². The molecule has 3 amide bonds. The Bertz CT molecular complexity index is 932. The Morgan fingerprint density at radius 1 is 0.935 bits per heavy atom. The van der Waals surface area contributed by atoms with Crippen molar-refractivity contribution in [2.45, 2.75) is 45.6 Å². The third-order valence-corrected chi connectivity index (χ3v) is 6.22. The van der Waals surface area contributed by atoms with Crippen molar-refractivity contribution in [3.63, 3.8) is 0 Å². The lowest BCUT2D eigenvalue weighted by atomic mass is 9.81. The predicted molar refractivity (Wildman–Crippen MR) is 121 cm³/mol. The molecule has 1 saturated carbocycles. The smallest absolute Gasteiger partial charge is 0.247 e. The van der Waals surface area contributed by atoms with Crippen LogP contribution in [-0.2, 0) is 14.4 Å². The zero-order valence-corrected chi connectivity index (χ0v) is 18.1. The highest BCUT2D eigenvalue weighted by Crippen LogP contribution is 2.38. The van der Waals surface area contributed by atoms with Crippen LogP contribution in [0.3, 0.4) is 0 Å². The van der Waals surface area contributed by atoms with Gasteiger partial charge in [0.1, 0.15) is 6.54 Å².